The van der Waals surface area contributed by atoms with Crippen molar-refractivity contribution in [1.29, 1.82) is 0 Å². The fourth-order valence-corrected chi connectivity index (χ4v) is 5.23. The Morgan fingerprint density at radius 1 is 1.09 bits per heavy atom. The van der Waals surface area contributed by atoms with E-state index in [0.29, 0.717) is 28.9 Å². The Balaban J connectivity index is 1.35. The standard InChI is InChI=1S/C33H37F3N8O2S/c1-22-5-3-6-23(2)30(22)43-32(47-20-29(45)39-18-25-7-4-16-38-17-25)44-42-19-24-8-10-26(11-9-24)31(37)41-21-40-27-12-14-28(15-13-27)46-33(34,35)36/h3,5-6,8-15,19,21,25,38H,4,7,16-18,20H2,1-2H3,(H,39,45)(H,43,44)(H2,37,40,41)/b42-19+. The molecule has 1 saturated heterocycles. The molecule has 1 atom stereocenters. The Morgan fingerprint density at radius 3 is 2.47 bits per heavy atom. The van der Waals surface area contributed by atoms with Gasteiger partial charge in [0.1, 0.15) is 17.9 Å². The number of amidine groups is 2. The average molecular weight is 667 g/mol. The molecule has 3 aromatic carbocycles. The first kappa shape index (κ1) is 35.2. The molecule has 5 N–H and O–H groups in total. The van der Waals surface area contributed by atoms with E-state index in [1.807, 2.05) is 44.2 Å². The summed E-state index contributed by atoms with van der Waals surface area (Å²) in [6, 6.07) is 18.2. The molecule has 0 spiro atoms. The van der Waals surface area contributed by atoms with Gasteiger partial charge in [-0.25, -0.2) is 15.0 Å². The number of carbonyl (C=O) groups excluding carboxylic acids is 1. The molecule has 0 radical (unpaired) electrons. The van der Waals surface area contributed by atoms with Crippen LogP contribution >= 0.6 is 11.8 Å². The second-order valence-corrected chi connectivity index (χ2v) is 11.7. The van der Waals surface area contributed by atoms with E-state index in [1.54, 1.807) is 18.3 Å². The van der Waals surface area contributed by atoms with Crippen molar-refractivity contribution in [3.63, 3.8) is 0 Å². The van der Waals surface area contributed by atoms with Gasteiger partial charge in [0.15, 0.2) is 5.17 Å². The molecule has 14 heteroatoms. The molecule has 3 aromatic rings. The van der Waals surface area contributed by atoms with Crippen molar-refractivity contribution in [2.75, 3.05) is 25.4 Å². The maximum Gasteiger partial charge on any atom is 0.573 e. The number of alkyl halides is 3. The second-order valence-electron chi connectivity index (χ2n) is 10.8. The highest BCUT2D eigenvalue weighted by Gasteiger charge is 2.30. The van der Waals surface area contributed by atoms with Gasteiger partial charge in [-0.15, -0.1) is 13.2 Å². The van der Waals surface area contributed by atoms with E-state index in [-0.39, 0.29) is 23.2 Å². The third kappa shape index (κ3) is 12.2. The van der Waals surface area contributed by atoms with E-state index < -0.39 is 6.36 Å². The lowest BCUT2D eigenvalue weighted by Gasteiger charge is -2.22. The van der Waals surface area contributed by atoms with Crippen LogP contribution in [0.2, 0.25) is 0 Å². The van der Waals surface area contributed by atoms with E-state index in [9.17, 15) is 18.0 Å². The summed E-state index contributed by atoms with van der Waals surface area (Å²) in [7, 11) is 0. The number of nitrogens with zero attached hydrogens (tertiary/aromatic N) is 4. The highest BCUT2D eigenvalue weighted by Crippen LogP contribution is 2.26. The van der Waals surface area contributed by atoms with Crippen molar-refractivity contribution in [1.82, 2.24) is 16.1 Å². The zero-order valence-electron chi connectivity index (χ0n) is 26.1. The number of para-hydroxylation sites is 1. The van der Waals surface area contributed by atoms with Gasteiger partial charge in [-0.3, -0.25) is 10.2 Å². The topological polar surface area (TPSA) is 138 Å². The van der Waals surface area contributed by atoms with E-state index in [1.165, 1.54) is 30.2 Å². The number of rotatable bonds is 11. The summed E-state index contributed by atoms with van der Waals surface area (Å²) in [6.45, 7) is 6.57. The predicted octanol–water partition coefficient (Wildman–Crippen LogP) is 5.73. The van der Waals surface area contributed by atoms with Crippen molar-refractivity contribution >= 4 is 52.6 Å². The minimum atomic E-state index is -4.76. The van der Waals surface area contributed by atoms with Crippen LogP contribution in [0, 0.1) is 19.8 Å². The number of hydrogen-bond acceptors (Lipinski definition) is 7. The minimum Gasteiger partial charge on any atom is -0.406 e. The molecule has 47 heavy (non-hydrogen) atoms. The number of carbonyl (C=O) groups is 1. The van der Waals surface area contributed by atoms with Crippen molar-refractivity contribution < 1.29 is 22.7 Å². The normalized spacial score (nSPS) is 16.1. The minimum absolute atomic E-state index is 0.0612. The second kappa shape index (κ2) is 17.3. The van der Waals surface area contributed by atoms with Crippen LogP contribution in [0.3, 0.4) is 0 Å². The highest BCUT2D eigenvalue weighted by molar-refractivity contribution is 8.14. The number of aliphatic imine (C=N–C) groups is 3. The molecule has 0 aromatic heterocycles. The zero-order valence-corrected chi connectivity index (χ0v) is 26.9. The molecule has 1 heterocycles. The van der Waals surface area contributed by atoms with Gasteiger partial charge < -0.3 is 21.1 Å². The first-order valence-corrected chi connectivity index (χ1v) is 15.9. The number of halogens is 3. The predicted molar refractivity (Wildman–Crippen MR) is 183 cm³/mol. The van der Waals surface area contributed by atoms with Gasteiger partial charge in [0.05, 0.1) is 23.3 Å². The van der Waals surface area contributed by atoms with Crippen LogP contribution in [-0.2, 0) is 4.79 Å². The fourth-order valence-electron chi connectivity index (χ4n) is 4.58. The number of aryl methyl sites for hydroxylation is 2. The number of nitrogens with one attached hydrogen (secondary N) is 3. The SMILES string of the molecule is Cc1cccc(C)c1N=C(N/N=C/c1ccc(C(N)=NC=Nc2ccc(OC(F)(F)F)cc2)cc1)SCC(=O)NCC1CCCNC1. The molecule has 0 aliphatic carbocycles. The van der Waals surface area contributed by atoms with Crippen LogP contribution in [0.5, 0.6) is 5.75 Å². The van der Waals surface area contributed by atoms with Crippen molar-refractivity contribution in [3.05, 3.63) is 89.0 Å². The fraction of sp³-hybridized carbons (Fsp3) is 0.303. The summed E-state index contributed by atoms with van der Waals surface area (Å²) in [5, 5.41) is 11.2. The Labute approximate surface area is 275 Å². The molecule has 0 saturated carbocycles. The van der Waals surface area contributed by atoms with Crippen LogP contribution < -0.4 is 26.5 Å². The molecule has 248 valence electrons. The summed E-state index contributed by atoms with van der Waals surface area (Å²) in [5.41, 5.74) is 13.7. The molecule has 1 aliphatic heterocycles. The van der Waals surface area contributed by atoms with Gasteiger partial charge >= 0.3 is 6.36 Å². The molecule has 1 amide bonds. The summed E-state index contributed by atoms with van der Waals surface area (Å²) in [6.07, 6.45) is 0.312. The smallest absolute Gasteiger partial charge is 0.406 e. The number of amides is 1. The van der Waals surface area contributed by atoms with Gasteiger partial charge in [0, 0.05) is 12.1 Å². The average Bonchev–Trinajstić information content (AvgIpc) is 3.05. The Morgan fingerprint density at radius 2 is 1.81 bits per heavy atom. The zero-order chi connectivity index (χ0) is 33.6. The number of piperidine rings is 1. The van der Waals surface area contributed by atoms with E-state index in [0.717, 1.165) is 60.4 Å². The first-order chi connectivity index (χ1) is 22.6. The molecule has 1 fully saturated rings. The monoisotopic (exact) mass is 666 g/mol. The van der Waals surface area contributed by atoms with Crippen molar-refractivity contribution in [2.45, 2.75) is 33.1 Å². The number of hydrogen-bond donors (Lipinski definition) is 4. The summed E-state index contributed by atoms with van der Waals surface area (Å²) >= 11 is 1.28. The number of hydrazone groups is 1. The maximum atomic E-state index is 12.6. The summed E-state index contributed by atoms with van der Waals surface area (Å²) in [5.74, 6) is 0.438. The largest absolute Gasteiger partial charge is 0.573 e. The molecule has 4 rings (SSSR count). The third-order valence-corrected chi connectivity index (χ3v) is 7.90. The van der Waals surface area contributed by atoms with Crippen LogP contribution in [0.25, 0.3) is 0 Å². The lowest BCUT2D eigenvalue weighted by atomic mass is 10.00. The van der Waals surface area contributed by atoms with Gasteiger partial charge in [0.25, 0.3) is 0 Å². The van der Waals surface area contributed by atoms with Gasteiger partial charge in [-0.2, -0.15) is 5.10 Å². The Bertz CT molecular complexity index is 1580. The first-order valence-electron chi connectivity index (χ1n) is 14.9. The Hall–Kier alpha value is -4.69. The molecular formula is C33H37F3N8O2S. The van der Waals surface area contributed by atoms with E-state index >= 15 is 0 Å². The van der Waals surface area contributed by atoms with Crippen LogP contribution in [0.1, 0.15) is 35.1 Å². The maximum absolute atomic E-state index is 12.6. The molecular weight excluding hydrogens is 629 g/mol. The molecule has 1 unspecified atom stereocenters. The third-order valence-electron chi connectivity index (χ3n) is 7.03. The number of thioether (sulfide) groups is 1. The van der Waals surface area contributed by atoms with Crippen LogP contribution in [0.4, 0.5) is 24.5 Å². The lowest BCUT2D eigenvalue weighted by molar-refractivity contribution is -0.274. The van der Waals surface area contributed by atoms with Crippen LogP contribution in [0.15, 0.2) is 86.8 Å². The molecule has 10 nitrogen and oxygen atoms in total. The quantitative estimate of drug-likeness (QED) is 0.117. The number of ether oxygens (including phenoxy) is 1. The van der Waals surface area contributed by atoms with Gasteiger partial charge in [-0.1, -0.05) is 54.2 Å². The highest BCUT2D eigenvalue weighted by atomic mass is 32.2. The van der Waals surface area contributed by atoms with E-state index in [2.05, 4.69) is 35.9 Å². The van der Waals surface area contributed by atoms with Crippen LogP contribution in [-0.4, -0.2) is 61.2 Å². The lowest BCUT2D eigenvalue weighted by Crippen LogP contribution is -2.38. The van der Waals surface area contributed by atoms with Crippen molar-refractivity contribution in [2.24, 2.45) is 31.7 Å². The van der Waals surface area contributed by atoms with E-state index in [4.69, 9.17) is 10.7 Å². The summed E-state index contributed by atoms with van der Waals surface area (Å²) < 4.78 is 40.8. The van der Waals surface area contributed by atoms with Gasteiger partial charge in [0.2, 0.25) is 5.91 Å². The van der Waals surface area contributed by atoms with Crippen molar-refractivity contribution in [3.8, 4) is 5.75 Å². The Kier molecular flexibility index (Phi) is 12.9. The number of nitrogens with two attached hydrogens (primary N) is 1. The number of benzene rings is 3. The molecule has 0 bridgehead atoms. The summed E-state index contributed by atoms with van der Waals surface area (Å²) in [4.78, 5) is 25.6. The van der Waals surface area contributed by atoms with Gasteiger partial charge in [-0.05, 0) is 86.7 Å². The molecule has 1 aliphatic rings.